The van der Waals surface area contributed by atoms with Gasteiger partial charge in [0, 0.05) is 22.9 Å². The minimum absolute atomic E-state index is 0.0225. The summed E-state index contributed by atoms with van der Waals surface area (Å²) in [4.78, 5) is 23.9. The van der Waals surface area contributed by atoms with Crippen LogP contribution in [-0.2, 0) is 4.79 Å². The molecule has 0 bridgehead atoms. The highest BCUT2D eigenvalue weighted by Crippen LogP contribution is 2.33. The first kappa shape index (κ1) is 20.2. The summed E-state index contributed by atoms with van der Waals surface area (Å²) in [7, 11) is 0. The summed E-state index contributed by atoms with van der Waals surface area (Å²) in [6.07, 6.45) is 2.86. The van der Waals surface area contributed by atoms with Gasteiger partial charge in [-0.3, -0.25) is 4.79 Å². The zero-order chi connectivity index (χ0) is 20.4. The molecule has 4 N–H and O–H groups in total. The predicted octanol–water partition coefficient (Wildman–Crippen LogP) is 3.92. The minimum atomic E-state index is -0.336. The predicted molar refractivity (Wildman–Crippen MR) is 105 cm³/mol. The number of benzene rings is 1. The monoisotopic (exact) mass is 389 g/mol. The number of carbonyl (C=O) groups excluding carboxylic acids is 2. The molecule has 6 nitrogen and oxygen atoms in total. The molecular weight excluding hydrogens is 361 g/mol. The summed E-state index contributed by atoms with van der Waals surface area (Å²) in [6.45, 7) is 5.87. The van der Waals surface area contributed by atoms with E-state index in [0.29, 0.717) is 29.6 Å². The third-order valence-corrected chi connectivity index (χ3v) is 5.64. The molecule has 2 aromatic rings. The SMILES string of the molecule is Cc1c([C@H](NC(=O)NC2CCC(C(N)=O)CC2)C(C)C)oc2ccc(F)cc12. The summed E-state index contributed by atoms with van der Waals surface area (Å²) in [5, 5.41) is 6.71. The number of hydrogen-bond acceptors (Lipinski definition) is 3. The minimum Gasteiger partial charge on any atom is -0.459 e. The maximum Gasteiger partial charge on any atom is 0.315 e. The summed E-state index contributed by atoms with van der Waals surface area (Å²) < 4.78 is 19.5. The zero-order valence-electron chi connectivity index (χ0n) is 16.5. The second-order valence-electron chi connectivity index (χ2n) is 8.02. The maximum absolute atomic E-state index is 13.6. The Hall–Kier alpha value is -2.57. The van der Waals surface area contributed by atoms with Gasteiger partial charge < -0.3 is 20.8 Å². The first-order valence-electron chi connectivity index (χ1n) is 9.81. The first-order valence-corrected chi connectivity index (χ1v) is 9.81. The molecule has 152 valence electrons. The average Bonchev–Trinajstić information content (AvgIpc) is 2.96. The van der Waals surface area contributed by atoms with Crippen LogP contribution in [0.25, 0.3) is 11.0 Å². The molecule has 3 rings (SSSR count). The van der Waals surface area contributed by atoms with Crippen LogP contribution in [-0.4, -0.2) is 18.0 Å². The lowest BCUT2D eigenvalue weighted by Gasteiger charge is -2.29. The van der Waals surface area contributed by atoms with E-state index in [1.165, 1.54) is 12.1 Å². The lowest BCUT2D eigenvalue weighted by atomic mass is 9.86. The van der Waals surface area contributed by atoms with Crippen LogP contribution >= 0.6 is 0 Å². The molecule has 1 atom stereocenters. The van der Waals surface area contributed by atoms with Gasteiger partial charge in [-0.25, -0.2) is 9.18 Å². The molecule has 0 spiro atoms. The third-order valence-electron chi connectivity index (χ3n) is 5.64. The van der Waals surface area contributed by atoms with E-state index in [-0.39, 0.29) is 41.7 Å². The molecule has 1 aromatic heterocycles. The van der Waals surface area contributed by atoms with E-state index in [9.17, 15) is 14.0 Å². The number of rotatable bonds is 5. The van der Waals surface area contributed by atoms with Crippen molar-refractivity contribution >= 4 is 22.9 Å². The summed E-state index contributed by atoms with van der Waals surface area (Å²) in [6, 6.07) is 3.84. The van der Waals surface area contributed by atoms with E-state index < -0.39 is 0 Å². The zero-order valence-corrected chi connectivity index (χ0v) is 16.5. The van der Waals surface area contributed by atoms with Gasteiger partial charge >= 0.3 is 6.03 Å². The molecule has 3 amide bonds. The van der Waals surface area contributed by atoms with Crippen molar-refractivity contribution < 1.29 is 18.4 Å². The van der Waals surface area contributed by atoms with Gasteiger partial charge in [0.25, 0.3) is 0 Å². The Bertz CT molecular complexity index is 869. The van der Waals surface area contributed by atoms with Gasteiger partial charge in [0.2, 0.25) is 5.91 Å². The highest BCUT2D eigenvalue weighted by Gasteiger charge is 2.28. The number of furan rings is 1. The van der Waals surface area contributed by atoms with Crippen molar-refractivity contribution in [1.29, 1.82) is 0 Å². The fourth-order valence-corrected chi connectivity index (χ4v) is 3.93. The summed E-state index contributed by atoms with van der Waals surface area (Å²) in [5.41, 5.74) is 6.79. The maximum atomic E-state index is 13.6. The highest BCUT2D eigenvalue weighted by molar-refractivity contribution is 5.83. The van der Waals surface area contributed by atoms with Crippen LogP contribution in [0.5, 0.6) is 0 Å². The molecule has 1 aliphatic carbocycles. The molecule has 1 fully saturated rings. The van der Waals surface area contributed by atoms with Gasteiger partial charge in [0.15, 0.2) is 0 Å². The van der Waals surface area contributed by atoms with Gasteiger partial charge in [-0.15, -0.1) is 0 Å². The van der Waals surface area contributed by atoms with E-state index in [0.717, 1.165) is 18.4 Å². The Kier molecular flexibility index (Phi) is 5.91. The van der Waals surface area contributed by atoms with Crippen LogP contribution in [0.2, 0.25) is 0 Å². The van der Waals surface area contributed by atoms with Gasteiger partial charge in [-0.1, -0.05) is 13.8 Å². The van der Waals surface area contributed by atoms with Crippen LogP contribution in [0.3, 0.4) is 0 Å². The molecule has 0 aliphatic heterocycles. The number of amides is 3. The normalized spacial score (nSPS) is 20.9. The van der Waals surface area contributed by atoms with Gasteiger partial charge in [-0.05, 0) is 56.7 Å². The van der Waals surface area contributed by atoms with Crippen LogP contribution in [0, 0.1) is 24.6 Å². The molecule has 1 aromatic carbocycles. The molecule has 1 heterocycles. The Balaban J connectivity index is 1.69. The number of nitrogens with two attached hydrogens (primary N) is 1. The van der Waals surface area contributed by atoms with Gasteiger partial charge in [0.1, 0.15) is 17.2 Å². The van der Waals surface area contributed by atoms with Crippen molar-refractivity contribution in [2.45, 2.75) is 58.5 Å². The van der Waals surface area contributed by atoms with E-state index in [4.69, 9.17) is 10.2 Å². The second kappa shape index (κ2) is 8.20. The molecular formula is C21H28FN3O3. The van der Waals surface area contributed by atoms with E-state index in [1.807, 2.05) is 20.8 Å². The number of primary amides is 1. The number of carbonyl (C=O) groups is 2. The Labute approximate surface area is 164 Å². The fourth-order valence-electron chi connectivity index (χ4n) is 3.93. The van der Waals surface area contributed by atoms with Crippen molar-refractivity contribution in [3.63, 3.8) is 0 Å². The molecule has 7 heteroatoms. The van der Waals surface area contributed by atoms with Crippen molar-refractivity contribution in [1.82, 2.24) is 10.6 Å². The number of halogens is 1. The first-order chi connectivity index (χ1) is 13.3. The smallest absolute Gasteiger partial charge is 0.315 e. The lowest BCUT2D eigenvalue weighted by Crippen LogP contribution is -2.46. The number of nitrogens with one attached hydrogen (secondary N) is 2. The lowest BCUT2D eigenvalue weighted by molar-refractivity contribution is -0.122. The fraction of sp³-hybridized carbons (Fsp3) is 0.524. The molecule has 0 unspecified atom stereocenters. The van der Waals surface area contributed by atoms with E-state index in [1.54, 1.807) is 6.07 Å². The number of hydrogen-bond donors (Lipinski definition) is 3. The molecule has 0 saturated heterocycles. The topological polar surface area (TPSA) is 97.4 Å². The van der Waals surface area contributed by atoms with Crippen molar-refractivity contribution in [3.8, 4) is 0 Å². The number of aryl methyl sites for hydroxylation is 1. The Morgan fingerprint density at radius 1 is 1.21 bits per heavy atom. The number of fused-ring (bicyclic) bond motifs is 1. The van der Waals surface area contributed by atoms with Crippen LogP contribution in [0.4, 0.5) is 9.18 Å². The molecule has 0 radical (unpaired) electrons. The van der Waals surface area contributed by atoms with Crippen LogP contribution in [0.1, 0.15) is 56.9 Å². The molecule has 1 saturated carbocycles. The van der Waals surface area contributed by atoms with E-state index >= 15 is 0 Å². The number of urea groups is 1. The molecule has 1 aliphatic rings. The summed E-state index contributed by atoms with van der Waals surface area (Å²) >= 11 is 0. The second-order valence-corrected chi connectivity index (χ2v) is 8.02. The van der Waals surface area contributed by atoms with Gasteiger partial charge in [0.05, 0.1) is 6.04 Å². The van der Waals surface area contributed by atoms with Crippen LogP contribution in [0.15, 0.2) is 22.6 Å². The average molecular weight is 389 g/mol. The Morgan fingerprint density at radius 2 is 1.89 bits per heavy atom. The quantitative estimate of drug-likeness (QED) is 0.723. The van der Waals surface area contributed by atoms with Crippen molar-refractivity contribution in [2.24, 2.45) is 17.6 Å². The van der Waals surface area contributed by atoms with Crippen molar-refractivity contribution in [3.05, 3.63) is 35.3 Å². The third kappa shape index (κ3) is 4.29. The molecule has 28 heavy (non-hydrogen) atoms. The van der Waals surface area contributed by atoms with Crippen molar-refractivity contribution in [2.75, 3.05) is 0 Å². The van der Waals surface area contributed by atoms with Gasteiger partial charge in [-0.2, -0.15) is 0 Å². The van der Waals surface area contributed by atoms with Crippen LogP contribution < -0.4 is 16.4 Å². The largest absolute Gasteiger partial charge is 0.459 e. The Morgan fingerprint density at radius 3 is 2.50 bits per heavy atom. The standard InChI is InChI=1S/C21H28FN3O3/c1-11(2)18(19-12(3)16-10-14(22)6-9-17(16)28-19)25-21(27)24-15-7-4-13(5-8-15)20(23)26/h6,9-11,13,15,18H,4-5,7-8H2,1-3H3,(H2,23,26)(H2,24,25,27)/t13?,15?,18-/m1/s1. The highest BCUT2D eigenvalue weighted by atomic mass is 19.1. The van der Waals surface area contributed by atoms with E-state index in [2.05, 4.69) is 10.6 Å². The summed E-state index contributed by atoms with van der Waals surface area (Å²) in [5.74, 6) is 0.0487.